The van der Waals surface area contributed by atoms with Crippen LogP contribution in [-0.2, 0) is 0 Å². The van der Waals surface area contributed by atoms with Crippen LogP contribution < -0.4 is 5.73 Å². The van der Waals surface area contributed by atoms with Crippen molar-refractivity contribution in [2.45, 2.75) is 39.7 Å². The predicted octanol–water partition coefficient (Wildman–Crippen LogP) is 2.16. The van der Waals surface area contributed by atoms with E-state index in [0.717, 1.165) is 12.8 Å². The molecule has 94 valence electrons. The van der Waals surface area contributed by atoms with Gasteiger partial charge in [-0.1, -0.05) is 18.6 Å². The third kappa shape index (κ3) is 2.21. The smallest absolute Gasteiger partial charge is 0.345 e. The minimum absolute atomic E-state index is 0.0126. The lowest BCUT2D eigenvalue weighted by molar-refractivity contribution is 0.185. The predicted molar refractivity (Wildman–Crippen MR) is 68.8 cm³/mol. The van der Waals surface area contributed by atoms with Crippen LogP contribution in [-0.4, -0.2) is 29.4 Å². The lowest BCUT2D eigenvalue weighted by Gasteiger charge is -2.34. The second-order valence-corrected chi connectivity index (χ2v) is 5.24. The summed E-state index contributed by atoms with van der Waals surface area (Å²) in [6.07, 6.45) is 4.42. The molecular formula is C13H21N3O. The standard InChI is InChI=1S/C13H21N3O/c1-4-16-11(12(14)15-13(16)17)10-6-8(2)5-9(3)7-10/h5,8,10-11H,4,6-7H2,1-3H3,(H2,14,15,17). The summed E-state index contributed by atoms with van der Waals surface area (Å²) in [7, 11) is 0. The summed E-state index contributed by atoms with van der Waals surface area (Å²) in [6, 6.07) is -0.159. The summed E-state index contributed by atoms with van der Waals surface area (Å²) in [4.78, 5) is 17.4. The number of rotatable bonds is 2. The van der Waals surface area contributed by atoms with Gasteiger partial charge in [0.25, 0.3) is 0 Å². The summed E-state index contributed by atoms with van der Waals surface area (Å²) in [6.45, 7) is 7.04. The van der Waals surface area contributed by atoms with Crippen molar-refractivity contribution < 1.29 is 4.79 Å². The maximum atomic E-state index is 11.7. The van der Waals surface area contributed by atoms with Gasteiger partial charge in [-0.25, -0.2) is 4.79 Å². The van der Waals surface area contributed by atoms with Gasteiger partial charge in [-0.3, -0.25) is 0 Å². The number of hydrogen-bond acceptors (Lipinski definition) is 2. The van der Waals surface area contributed by atoms with Crippen LogP contribution in [0.4, 0.5) is 4.79 Å². The van der Waals surface area contributed by atoms with E-state index < -0.39 is 0 Å². The fourth-order valence-corrected chi connectivity index (χ4v) is 3.18. The molecule has 4 nitrogen and oxygen atoms in total. The van der Waals surface area contributed by atoms with E-state index in [9.17, 15) is 4.79 Å². The highest BCUT2D eigenvalue weighted by molar-refractivity contribution is 6.03. The van der Waals surface area contributed by atoms with Crippen molar-refractivity contribution in [3.05, 3.63) is 11.6 Å². The normalized spacial score (nSPS) is 33.7. The van der Waals surface area contributed by atoms with Crippen LogP contribution in [0.15, 0.2) is 16.6 Å². The minimum Gasteiger partial charge on any atom is -0.385 e. The van der Waals surface area contributed by atoms with Gasteiger partial charge in [0.1, 0.15) is 5.84 Å². The van der Waals surface area contributed by atoms with Crippen LogP contribution in [0.2, 0.25) is 0 Å². The lowest BCUT2D eigenvalue weighted by atomic mass is 9.79. The van der Waals surface area contributed by atoms with Crippen LogP contribution >= 0.6 is 0 Å². The molecule has 2 N–H and O–H groups in total. The highest BCUT2D eigenvalue weighted by Gasteiger charge is 2.39. The van der Waals surface area contributed by atoms with E-state index in [0.29, 0.717) is 24.2 Å². The van der Waals surface area contributed by atoms with Crippen molar-refractivity contribution in [2.75, 3.05) is 6.54 Å². The molecule has 0 saturated carbocycles. The van der Waals surface area contributed by atoms with E-state index in [1.165, 1.54) is 5.57 Å². The molecule has 17 heavy (non-hydrogen) atoms. The maximum Gasteiger partial charge on any atom is 0.345 e. The molecular weight excluding hydrogens is 214 g/mol. The van der Waals surface area contributed by atoms with Crippen molar-refractivity contribution in [3.63, 3.8) is 0 Å². The van der Waals surface area contributed by atoms with Gasteiger partial charge in [-0.05, 0) is 38.5 Å². The SMILES string of the molecule is CCN1C(=O)N=C(N)C1C1CC(C)=CC(C)C1. The number of hydrogen-bond donors (Lipinski definition) is 1. The first-order chi connectivity index (χ1) is 8.02. The second-order valence-electron chi connectivity index (χ2n) is 5.24. The Hall–Kier alpha value is -1.32. The molecule has 0 aromatic carbocycles. The summed E-state index contributed by atoms with van der Waals surface area (Å²) in [5, 5.41) is 0. The van der Waals surface area contributed by atoms with Gasteiger partial charge in [-0.15, -0.1) is 0 Å². The fourth-order valence-electron chi connectivity index (χ4n) is 3.18. The van der Waals surface area contributed by atoms with Gasteiger partial charge in [0.15, 0.2) is 0 Å². The average Bonchev–Trinajstić information content (AvgIpc) is 2.51. The number of aliphatic imine (C=N–C) groups is 1. The molecule has 0 fully saturated rings. The van der Waals surface area contributed by atoms with Gasteiger partial charge < -0.3 is 10.6 Å². The molecule has 0 spiro atoms. The van der Waals surface area contributed by atoms with Gasteiger partial charge in [0.05, 0.1) is 6.04 Å². The number of amides is 2. The number of allylic oxidation sites excluding steroid dienone is 2. The average molecular weight is 235 g/mol. The molecule has 4 heteroatoms. The number of urea groups is 1. The van der Waals surface area contributed by atoms with Gasteiger partial charge in [-0.2, -0.15) is 4.99 Å². The molecule has 2 amide bonds. The molecule has 1 heterocycles. The molecule has 2 rings (SSSR count). The Morgan fingerprint density at radius 2 is 2.29 bits per heavy atom. The molecule has 1 aliphatic heterocycles. The zero-order valence-corrected chi connectivity index (χ0v) is 10.8. The van der Waals surface area contributed by atoms with E-state index in [2.05, 4.69) is 24.9 Å². The number of nitrogens with zero attached hydrogens (tertiary/aromatic N) is 2. The zero-order chi connectivity index (χ0) is 12.6. The van der Waals surface area contributed by atoms with E-state index in [1.807, 2.05) is 6.92 Å². The van der Waals surface area contributed by atoms with Crippen LogP contribution in [0.25, 0.3) is 0 Å². The third-order valence-corrected chi connectivity index (χ3v) is 3.72. The number of carbonyl (C=O) groups is 1. The van der Waals surface area contributed by atoms with E-state index in [1.54, 1.807) is 4.90 Å². The molecule has 3 atom stereocenters. The fraction of sp³-hybridized carbons (Fsp3) is 0.692. The lowest BCUT2D eigenvalue weighted by Crippen LogP contribution is -2.46. The molecule has 1 aliphatic carbocycles. The molecule has 0 radical (unpaired) electrons. The van der Waals surface area contributed by atoms with Crippen molar-refractivity contribution in [1.82, 2.24) is 4.90 Å². The Morgan fingerprint density at radius 3 is 2.88 bits per heavy atom. The molecule has 0 bridgehead atoms. The Kier molecular flexibility index (Phi) is 3.22. The highest BCUT2D eigenvalue weighted by Crippen LogP contribution is 2.34. The zero-order valence-electron chi connectivity index (χ0n) is 10.8. The Balaban J connectivity index is 2.20. The Labute approximate surface area is 103 Å². The molecule has 2 aliphatic rings. The minimum atomic E-state index is -0.171. The number of amidine groups is 1. The first-order valence-electron chi connectivity index (χ1n) is 6.34. The molecule has 0 saturated heterocycles. The number of likely N-dealkylation sites (N-methyl/N-ethyl adjacent to an activating group) is 1. The highest BCUT2D eigenvalue weighted by atomic mass is 16.2. The van der Waals surface area contributed by atoms with E-state index in [-0.39, 0.29) is 12.1 Å². The van der Waals surface area contributed by atoms with Crippen molar-refractivity contribution in [2.24, 2.45) is 22.6 Å². The first kappa shape index (κ1) is 12.1. The Morgan fingerprint density at radius 1 is 1.59 bits per heavy atom. The maximum absolute atomic E-state index is 11.7. The summed E-state index contributed by atoms with van der Waals surface area (Å²) in [5.74, 6) is 1.49. The monoisotopic (exact) mass is 235 g/mol. The van der Waals surface area contributed by atoms with E-state index in [4.69, 9.17) is 5.73 Å². The molecule has 0 aromatic heterocycles. The second kappa shape index (κ2) is 4.51. The summed E-state index contributed by atoms with van der Waals surface area (Å²) >= 11 is 0. The van der Waals surface area contributed by atoms with Crippen LogP contribution in [0, 0.1) is 11.8 Å². The number of nitrogens with two attached hydrogens (primary N) is 1. The van der Waals surface area contributed by atoms with E-state index >= 15 is 0 Å². The van der Waals surface area contributed by atoms with Crippen molar-refractivity contribution in [3.8, 4) is 0 Å². The summed E-state index contributed by atoms with van der Waals surface area (Å²) < 4.78 is 0. The van der Waals surface area contributed by atoms with Crippen molar-refractivity contribution >= 4 is 11.9 Å². The van der Waals surface area contributed by atoms with Gasteiger partial charge in [0.2, 0.25) is 0 Å². The summed E-state index contributed by atoms with van der Waals surface area (Å²) in [5.41, 5.74) is 7.33. The third-order valence-electron chi connectivity index (χ3n) is 3.72. The molecule has 3 unspecified atom stereocenters. The van der Waals surface area contributed by atoms with Gasteiger partial charge >= 0.3 is 6.03 Å². The van der Waals surface area contributed by atoms with Gasteiger partial charge in [0, 0.05) is 6.54 Å². The van der Waals surface area contributed by atoms with Crippen LogP contribution in [0.1, 0.15) is 33.6 Å². The van der Waals surface area contributed by atoms with Crippen molar-refractivity contribution in [1.29, 1.82) is 0 Å². The van der Waals surface area contributed by atoms with Crippen LogP contribution in [0.3, 0.4) is 0 Å². The molecule has 0 aromatic rings. The quantitative estimate of drug-likeness (QED) is 0.746. The first-order valence-corrected chi connectivity index (χ1v) is 6.34. The number of carbonyl (C=O) groups excluding carboxylic acids is 1. The Bertz CT molecular complexity index is 386. The van der Waals surface area contributed by atoms with Crippen LogP contribution in [0.5, 0.6) is 0 Å². The topological polar surface area (TPSA) is 58.7 Å². The largest absolute Gasteiger partial charge is 0.385 e.